The van der Waals surface area contributed by atoms with Gasteiger partial charge in [0.25, 0.3) is 0 Å². The number of nitrogens with one attached hydrogen (secondary N) is 2. The molecule has 0 aliphatic carbocycles. The van der Waals surface area contributed by atoms with Crippen LogP contribution in [0, 0.1) is 0 Å². The summed E-state index contributed by atoms with van der Waals surface area (Å²) in [7, 11) is 1.60. The van der Waals surface area contributed by atoms with Gasteiger partial charge in [-0.2, -0.15) is 10.1 Å². The summed E-state index contributed by atoms with van der Waals surface area (Å²) in [5.41, 5.74) is 1.84. The van der Waals surface area contributed by atoms with Crippen LogP contribution in [0.2, 0.25) is 5.02 Å². The number of aromatic nitrogens is 3. The van der Waals surface area contributed by atoms with E-state index in [1.807, 2.05) is 30.3 Å². The molecule has 0 fully saturated rings. The average molecular weight is 342 g/mol. The number of methoxy groups -OCH3 is 1. The molecule has 1 aromatic heterocycles. The van der Waals surface area contributed by atoms with Crippen molar-refractivity contribution in [1.29, 1.82) is 0 Å². The molecule has 2 N–H and O–H groups in total. The predicted octanol–water partition coefficient (Wildman–Crippen LogP) is 3.89. The first-order valence-electron chi connectivity index (χ1n) is 7.32. The molecule has 2 aromatic carbocycles. The summed E-state index contributed by atoms with van der Waals surface area (Å²) in [6, 6.07) is 15.3. The van der Waals surface area contributed by atoms with Gasteiger partial charge in [0.2, 0.25) is 5.95 Å². The molecule has 0 aliphatic heterocycles. The normalized spacial score (nSPS) is 10.2. The van der Waals surface area contributed by atoms with Crippen LogP contribution in [0.5, 0.6) is 5.75 Å². The fourth-order valence-electron chi connectivity index (χ4n) is 2.13. The van der Waals surface area contributed by atoms with Crippen LogP contribution in [0.25, 0.3) is 0 Å². The van der Waals surface area contributed by atoms with Crippen LogP contribution in [-0.4, -0.2) is 22.3 Å². The van der Waals surface area contributed by atoms with Gasteiger partial charge in [0.05, 0.1) is 19.0 Å². The third-order valence-corrected chi connectivity index (χ3v) is 3.51. The van der Waals surface area contributed by atoms with Crippen LogP contribution in [0.4, 0.5) is 17.5 Å². The molecule has 0 unspecified atom stereocenters. The molecule has 3 rings (SSSR count). The molecular weight excluding hydrogens is 326 g/mol. The Kier molecular flexibility index (Phi) is 5.08. The maximum absolute atomic E-state index is 6.03. The molecule has 0 aliphatic rings. The standard InChI is InChI=1S/C17H16ClN5O/c1-24-15-8-7-13(18)9-14(15)21-16-11-20-23-17(22-16)19-10-12-5-3-2-4-6-12/h2-9,11H,10H2,1H3,(H2,19,21,22,23). The lowest BCUT2D eigenvalue weighted by atomic mass is 10.2. The number of rotatable bonds is 6. The summed E-state index contributed by atoms with van der Waals surface area (Å²) >= 11 is 6.03. The lowest BCUT2D eigenvalue weighted by Gasteiger charge is -2.11. The summed E-state index contributed by atoms with van der Waals surface area (Å²) in [4.78, 5) is 4.39. The minimum absolute atomic E-state index is 0.435. The highest BCUT2D eigenvalue weighted by Crippen LogP contribution is 2.29. The number of benzene rings is 2. The van der Waals surface area contributed by atoms with E-state index in [-0.39, 0.29) is 0 Å². The van der Waals surface area contributed by atoms with Crippen LogP contribution in [-0.2, 0) is 6.54 Å². The molecule has 0 spiro atoms. The van der Waals surface area contributed by atoms with Crippen LogP contribution in [0.15, 0.2) is 54.7 Å². The van der Waals surface area contributed by atoms with Gasteiger partial charge in [-0.1, -0.05) is 41.9 Å². The number of ether oxygens (including phenoxy) is 1. The zero-order valence-corrected chi connectivity index (χ0v) is 13.8. The van der Waals surface area contributed by atoms with Crippen molar-refractivity contribution in [1.82, 2.24) is 15.2 Å². The Balaban J connectivity index is 1.72. The zero-order valence-electron chi connectivity index (χ0n) is 13.0. The summed E-state index contributed by atoms with van der Waals surface area (Å²) in [6.07, 6.45) is 1.54. The Labute approximate surface area is 144 Å². The van der Waals surface area contributed by atoms with E-state index < -0.39 is 0 Å². The van der Waals surface area contributed by atoms with E-state index in [0.29, 0.717) is 34.8 Å². The molecule has 3 aromatic rings. The van der Waals surface area contributed by atoms with Crippen molar-refractivity contribution in [2.45, 2.75) is 6.54 Å². The van der Waals surface area contributed by atoms with Crippen LogP contribution in [0.1, 0.15) is 5.56 Å². The fourth-order valence-corrected chi connectivity index (χ4v) is 2.30. The second kappa shape index (κ2) is 7.61. The molecule has 1 heterocycles. The van der Waals surface area contributed by atoms with Gasteiger partial charge in [0, 0.05) is 11.6 Å². The molecule has 0 atom stereocenters. The molecule has 0 saturated heterocycles. The van der Waals surface area contributed by atoms with Crippen molar-refractivity contribution in [3.05, 3.63) is 65.3 Å². The quantitative estimate of drug-likeness (QED) is 0.708. The Morgan fingerprint density at radius 2 is 1.96 bits per heavy atom. The molecular formula is C17H16ClN5O. The van der Waals surface area contributed by atoms with Crippen molar-refractivity contribution in [3.8, 4) is 5.75 Å². The Hall–Kier alpha value is -2.86. The molecule has 0 amide bonds. The molecule has 122 valence electrons. The molecule has 0 bridgehead atoms. The van der Waals surface area contributed by atoms with E-state index in [1.165, 1.54) is 6.20 Å². The van der Waals surface area contributed by atoms with E-state index in [2.05, 4.69) is 25.8 Å². The third kappa shape index (κ3) is 4.11. The highest BCUT2D eigenvalue weighted by molar-refractivity contribution is 6.31. The fraction of sp³-hybridized carbons (Fsp3) is 0.118. The zero-order chi connectivity index (χ0) is 16.8. The highest BCUT2D eigenvalue weighted by atomic mass is 35.5. The molecule has 24 heavy (non-hydrogen) atoms. The van der Waals surface area contributed by atoms with Gasteiger partial charge in [0.15, 0.2) is 5.82 Å². The van der Waals surface area contributed by atoms with Crippen LogP contribution in [0.3, 0.4) is 0 Å². The number of hydrogen-bond acceptors (Lipinski definition) is 6. The van der Waals surface area contributed by atoms with E-state index in [9.17, 15) is 0 Å². The number of hydrogen-bond donors (Lipinski definition) is 2. The van der Waals surface area contributed by atoms with Gasteiger partial charge in [-0.15, -0.1) is 5.10 Å². The third-order valence-electron chi connectivity index (χ3n) is 3.28. The smallest absolute Gasteiger partial charge is 0.244 e. The largest absolute Gasteiger partial charge is 0.495 e. The van der Waals surface area contributed by atoms with E-state index >= 15 is 0 Å². The minimum atomic E-state index is 0.435. The first-order chi connectivity index (χ1) is 11.7. The second-order valence-corrected chi connectivity index (χ2v) is 5.41. The van der Waals surface area contributed by atoms with Crippen LogP contribution < -0.4 is 15.4 Å². The SMILES string of the molecule is COc1ccc(Cl)cc1Nc1cnnc(NCc2ccccc2)n1. The summed E-state index contributed by atoms with van der Waals surface area (Å²) in [5, 5.41) is 14.8. The van der Waals surface area contributed by atoms with Gasteiger partial charge in [0.1, 0.15) is 5.75 Å². The maximum atomic E-state index is 6.03. The second-order valence-electron chi connectivity index (χ2n) is 4.97. The molecule has 7 heteroatoms. The van der Waals surface area contributed by atoms with Gasteiger partial charge >= 0.3 is 0 Å². The van der Waals surface area contributed by atoms with E-state index in [1.54, 1.807) is 25.3 Å². The maximum Gasteiger partial charge on any atom is 0.244 e. The van der Waals surface area contributed by atoms with Crippen molar-refractivity contribution in [2.24, 2.45) is 0 Å². The van der Waals surface area contributed by atoms with E-state index in [4.69, 9.17) is 16.3 Å². The topological polar surface area (TPSA) is 72.0 Å². The average Bonchev–Trinajstić information content (AvgIpc) is 2.61. The van der Waals surface area contributed by atoms with Gasteiger partial charge in [-0.05, 0) is 23.8 Å². The Bertz CT molecular complexity index is 813. The number of halogens is 1. The minimum Gasteiger partial charge on any atom is -0.495 e. The van der Waals surface area contributed by atoms with Gasteiger partial charge in [-0.3, -0.25) is 0 Å². The predicted molar refractivity (Wildman–Crippen MR) is 94.9 cm³/mol. The lowest BCUT2D eigenvalue weighted by Crippen LogP contribution is -2.06. The monoisotopic (exact) mass is 341 g/mol. The number of anilines is 3. The van der Waals surface area contributed by atoms with E-state index in [0.717, 1.165) is 5.56 Å². The first-order valence-corrected chi connectivity index (χ1v) is 7.70. The van der Waals surface area contributed by atoms with Crippen molar-refractivity contribution < 1.29 is 4.74 Å². The van der Waals surface area contributed by atoms with Gasteiger partial charge in [-0.25, -0.2) is 0 Å². The summed E-state index contributed by atoms with van der Waals surface area (Å²) < 4.78 is 5.31. The first kappa shape index (κ1) is 16.0. The summed E-state index contributed by atoms with van der Waals surface area (Å²) in [6.45, 7) is 0.618. The summed E-state index contributed by atoms with van der Waals surface area (Å²) in [5.74, 6) is 1.64. The van der Waals surface area contributed by atoms with Crippen molar-refractivity contribution in [3.63, 3.8) is 0 Å². The Morgan fingerprint density at radius 1 is 1.12 bits per heavy atom. The highest BCUT2D eigenvalue weighted by Gasteiger charge is 2.07. The number of nitrogens with zero attached hydrogens (tertiary/aromatic N) is 3. The van der Waals surface area contributed by atoms with Crippen molar-refractivity contribution in [2.75, 3.05) is 17.7 Å². The lowest BCUT2D eigenvalue weighted by molar-refractivity contribution is 0.417. The van der Waals surface area contributed by atoms with Crippen LogP contribution >= 0.6 is 11.6 Å². The van der Waals surface area contributed by atoms with Gasteiger partial charge < -0.3 is 15.4 Å². The molecule has 0 saturated carbocycles. The van der Waals surface area contributed by atoms with Crippen molar-refractivity contribution >= 4 is 29.1 Å². The molecule has 0 radical (unpaired) electrons. The molecule has 6 nitrogen and oxygen atoms in total. The Morgan fingerprint density at radius 3 is 2.75 bits per heavy atom.